The summed E-state index contributed by atoms with van der Waals surface area (Å²) in [4.78, 5) is 10.2. The van der Waals surface area contributed by atoms with E-state index in [0.29, 0.717) is 11.8 Å². The molecule has 0 spiro atoms. The first-order valence-corrected chi connectivity index (χ1v) is 10.9. The van der Waals surface area contributed by atoms with E-state index < -0.39 is 0 Å². The smallest absolute Gasteiger partial charge is 0.191 e. The zero-order valence-corrected chi connectivity index (χ0v) is 17.9. The van der Waals surface area contributed by atoms with Crippen LogP contribution in [0.3, 0.4) is 0 Å². The van der Waals surface area contributed by atoms with Crippen LogP contribution in [0.4, 0.5) is 0 Å². The van der Waals surface area contributed by atoms with Crippen molar-refractivity contribution in [1.82, 2.24) is 20.2 Å². The van der Waals surface area contributed by atoms with Crippen LogP contribution in [0.15, 0.2) is 83.2 Å². The first-order valence-electron chi connectivity index (χ1n) is 10.0. The van der Waals surface area contributed by atoms with Gasteiger partial charge < -0.3 is 15.2 Å². The molecule has 2 N–H and O–H groups in total. The van der Waals surface area contributed by atoms with Gasteiger partial charge in [-0.15, -0.1) is 11.8 Å². The van der Waals surface area contributed by atoms with Gasteiger partial charge in [0.2, 0.25) is 0 Å². The van der Waals surface area contributed by atoms with Crippen molar-refractivity contribution >= 4 is 17.7 Å². The predicted molar refractivity (Wildman–Crippen MR) is 122 cm³/mol. The Morgan fingerprint density at radius 2 is 1.93 bits per heavy atom. The Kier molecular flexibility index (Phi) is 8.19. The summed E-state index contributed by atoms with van der Waals surface area (Å²) >= 11 is 1.87. The lowest BCUT2D eigenvalue weighted by Crippen LogP contribution is -2.40. The van der Waals surface area contributed by atoms with Crippen molar-refractivity contribution in [2.75, 3.05) is 13.1 Å². The van der Waals surface area contributed by atoms with E-state index in [1.54, 1.807) is 6.20 Å². The molecule has 0 fully saturated rings. The lowest BCUT2D eigenvalue weighted by atomic mass is 10.1. The van der Waals surface area contributed by atoms with Crippen LogP contribution in [0.1, 0.15) is 25.0 Å². The predicted octanol–water partition coefficient (Wildman–Crippen LogP) is 4.17. The SMILES string of the molecule is CCNC(=NCc1cccc(Cn2ccnc2)c1)NCC(C)Sc1ccccc1. The Hall–Kier alpha value is -2.73. The van der Waals surface area contributed by atoms with E-state index in [2.05, 4.69) is 82.6 Å². The van der Waals surface area contributed by atoms with Gasteiger partial charge in [0.25, 0.3) is 0 Å². The molecule has 0 radical (unpaired) electrons. The minimum Gasteiger partial charge on any atom is -0.357 e. The summed E-state index contributed by atoms with van der Waals surface area (Å²) in [5, 5.41) is 7.25. The molecule has 3 rings (SSSR count). The number of thioether (sulfide) groups is 1. The third kappa shape index (κ3) is 7.31. The molecule has 5 nitrogen and oxygen atoms in total. The highest BCUT2D eigenvalue weighted by Crippen LogP contribution is 2.21. The Balaban J connectivity index is 1.54. The fourth-order valence-electron chi connectivity index (χ4n) is 2.94. The zero-order chi connectivity index (χ0) is 20.3. The highest BCUT2D eigenvalue weighted by Gasteiger charge is 2.06. The fraction of sp³-hybridized carbons (Fsp3) is 0.304. The van der Waals surface area contributed by atoms with E-state index in [-0.39, 0.29) is 0 Å². The van der Waals surface area contributed by atoms with Crippen molar-refractivity contribution in [3.8, 4) is 0 Å². The molecule has 29 heavy (non-hydrogen) atoms. The standard InChI is InChI=1S/C23H29N5S/c1-3-25-23(26-15-19(2)29-22-10-5-4-6-11-22)27-16-20-8-7-9-21(14-20)17-28-13-12-24-18-28/h4-14,18-19H,3,15-17H2,1-2H3,(H2,25,26,27). The maximum atomic E-state index is 4.77. The molecular formula is C23H29N5S. The quantitative estimate of drug-likeness (QED) is 0.318. The molecule has 152 valence electrons. The Labute approximate surface area is 177 Å². The molecule has 0 aliphatic rings. The van der Waals surface area contributed by atoms with E-state index in [1.807, 2.05) is 30.4 Å². The lowest BCUT2D eigenvalue weighted by molar-refractivity contribution is 0.789. The van der Waals surface area contributed by atoms with E-state index in [1.165, 1.54) is 16.0 Å². The first-order chi connectivity index (χ1) is 14.2. The van der Waals surface area contributed by atoms with Crippen molar-refractivity contribution < 1.29 is 0 Å². The molecule has 1 aromatic heterocycles. The van der Waals surface area contributed by atoms with Crippen LogP contribution in [0.5, 0.6) is 0 Å². The zero-order valence-electron chi connectivity index (χ0n) is 17.1. The molecule has 1 unspecified atom stereocenters. The molecule has 0 aliphatic heterocycles. The fourth-order valence-corrected chi connectivity index (χ4v) is 3.89. The van der Waals surface area contributed by atoms with Crippen LogP contribution in [-0.2, 0) is 13.1 Å². The van der Waals surface area contributed by atoms with Crippen molar-refractivity contribution in [3.63, 3.8) is 0 Å². The Bertz CT molecular complexity index is 877. The van der Waals surface area contributed by atoms with Gasteiger partial charge in [0.1, 0.15) is 0 Å². The number of hydrogen-bond donors (Lipinski definition) is 2. The van der Waals surface area contributed by atoms with E-state index in [0.717, 1.165) is 25.6 Å². The molecule has 0 saturated carbocycles. The van der Waals surface area contributed by atoms with Gasteiger partial charge in [-0.1, -0.05) is 49.4 Å². The number of rotatable bonds is 9. The van der Waals surface area contributed by atoms with Crippen LogP contribution >= 0.6 is 11.8 Å². The summed E-state index contributed by atoms with van der Waals surface area (Å²) in [5.74, 6) is 0.855. The van der Waals surface area contributed by atoms with Crippen molar-refractivity contribution in [3.05, 3.63) is 84.4 Å². The van der Waals surface area contributed by atoms with E-state index >= 15 is 0 Å². The molecule has 0 aliphatic carbocycles. The molecule has 0 bridgehead atoms. The molecule has 3 aromatic rings. The second-order valence-corrected chi connectivity index (χ2v) is 8.38. The third-order valence-corrected chi connectivity index (χ3v) is 5.43. The largest absolute Gasteiger partial charge is 0.357 e. The summed E-state index contributed by atoms with van der Waals surface area (Å²) < 4.78 is 2.07. The Morgan fingerprint density at radius 3 is 2.69 bits per heavy atom. The number of aromatic nitrogens is 2. The molecule has 0 saturated heterocycles. The molecule has 1 heterocycles. The number of nitrogens with zero attached hydrogens (tertiary/aromatic N) is 3. The third-order valence-electron chi connectivity index (χ3n) is 4.32. The first kappa shape index (κ1) is 21.0. The van der Waals surface area contributed by atoms with Gasteiger partial charge in [0.05, 0.1) is 12.9 Å². The van der Waals surface area contributed by atoms with Gasteiger partial charge in [-0.05, 0) is 30.2 Å². The molecular weight excluding hydrogens is 378 g/mol. The van der Waals surface area contributed by atoms with E-state index in [4.69, 9.17) is 4.99 Å². The van der Waals surface area contributed by atoms with Crippen molar-refractivity contribution in [1.29, 1.82) is 0 Å². The van der Waals surface area contributed by atoms with Gasteiger partial charge in [-0.3, -0.25) is 0 Å². The summed E-state index contributed by atoms with van der Waals surface area (Å²) in [7, 11) is 0. The molecule has 0 amide bonds. The number of hydrogen-bond acceptors (Lipinski definition) is 3. The highest BCUT2D eigenvalue weighted by atomic mass is 32.2. The molecule has 1 atom stereocenters. The van der Waals surface area contributed by atoms with Crippen molar-refractivity contribution in [2.24, 2.45) is 4.99 Å². The normalized spacial score (nSPS) is 12.6. The Morgan fingerprint density at radius 1 is 1.10 bits per heavy atom. The summed E-state index contributed by atoms with van der Waals surface area (Å²) in [5.41, 5.74) is 2.45. The number of imidazole rings is 1. The maximum absolute atomic E-state index is 4.77. The summed E-state index contributed by atoms with van der Waals surface area (Å²) in [6, 6.07) is 19.1. The molecule has 2 aromatic carbocycles. The van der Waals surface area contributed by atoms with Crippen LogP contribution in [-0.4, -0.2) is 33.9 Å². The highest BCUT2D eigenvalue weighted by molar-refractivity contribution is 8.00. The average Bonchev–Trinajstić information content (AvgIpc) is 3.24. The van der Waals surface area contributed by atoms with Crippen LogP contribution in [0.25, 0.3) is 0 Å². The summed E-state index contributed by atoms with van der Waals surface area (Å²) in [6.45, 7) is 7.48. The van der Waals surface area contributed by atoms with Gasteiger partial charge in [-0.25, -0.2) is 9.98 Å². The van der Waals surface area contributed by atoms with Gasteiger partial charge in [0.15, 0.2) is 5.96 Å². The van der Waals surface area contributed by atoms with Crippen molar-refractivity contribution in [2.45, 2.75) is 37.1 Å². The second kappa shape index (κ2) is 11.3. The topological polar surface area (TPSA) is 54.2 Å². The van der Waals surface area contributed by atoms with Crippen LogP contribution in [0.2, 0.25) is 0 Å². The number of nitrogens with one attached hydrogen (secondary N) is 2. The minimum absolute atomic E-state index is 0.444. The van der Waals surface area contributed by atoms with Crippen LogP contribution < -0.4 is 10.6 Å². The van der Waals surface area contributed by atoms with Gasteiger partial charge in [-0.2, -0.15) is 0 Å². The summed E-state index contributed by atoms with van der Waals surface area (Å²) in [6.07, 6.45) is 5.62. The number of benzene rings is 2. The van der Waals surface area contributed by atoms with Crippen LogP contribution in [0, 0.1) is 0 Å². The monoisotopic (exact) mass is 407 g/mol. The lowest BCUT2D eigenvalue weighted by Gasteiger charge is -2.16. The molecule has 6 heteroatoms. The number of aliphatic imine (C=N–C) groups is 1. The van der Waals surface area contributed by atoms with Gasteiger partial charge >= 0.3 is 0 Å². The van der Waals surface area contributed by atoms with Gasteiger partial charge in [0, 0.05) is 42.2 Å². The van der Waals surface area contributed by atoms with E-state index in [9.17, 15) is 0 Å². The minimum atomic E-state index is 0.444. The average molecular weight is 408 g/mol. The maximum Gasteiger partial charge on any atom is 0.191 e. The number of guanidine groups is 1. The second-order valence-electron chi connectivity index (χ2n) is 6.87.